The molecule has 0 aliphatic carbocycles. The maximum atomic E-state index is 15.1. The number of fused-ring (bicyclic) bond motifs is 1. The van der Waals surface area contributed by atoms with Crippen molar-refractivity contribution in [2.45, 2.75) is 38.1 Å². The van der Waals surface area contributed by atoms with E-state index in [4.69, 9.17) is 4.74 Å². The number of piperidine rings is 2. The molecule has 11 heteroatoms. The van der Waals surface area contributed by atoms with Crippen LogP contribution in [0.2, 0.25) is 0 Å². The monoisotopic (exact) mass is 536 g/mol. The van der Waals surface area contributed by atoms with E-state index in [1.807, 2.05) is 29.2 Å². The van der Waals surface area contributed by atoms with Gasteiger partial charge in [-0.05, 0) is 55.0 Å². The van der Waals surface area contributed by atoms with Crippen molar-refractivity contribution in [1.29, 1.82) is 0 Å². The van der Waals surface area contributed by atoms with E-state index in [-0.39, 0.29) is 47.9 Å². The van der Waals surface area contributed by atoms with E-state index in [9.17, 15) is 24.0 Å². The Labute approximate surface area is 224 Å². The second-order valence-corrected chi connectivity index (χ2v) is 10.1. The van der Waals surface area contributed by atoms with Crippen LogP contribution >= 0.6 is 0 Å². The van der Waals surface area contributed by atoms with Crippen LogP contribution in [0.25, 0.3) is 0 Å². The molecular weight excluding hydrogens is 507 g/mol. The van der Waals surface area contributed by atoms with Gasteiger partial charge in [-0.1, -0.05) is 12.1 Å². The molecule has 2 fully saturated rings. The Morgan fingerprint density at radius 3 is 2.33 bits per heavy atom. The smallest absolute Gasteiger partial charge is 0.262 e. The first-order chi connectivity index (χ1) is 18.7. The van der Waals surface area contributed by atoms with E-state index >= 15 is 4.39 Å². The predicted molar refractivity (Wildman–Crippen MR) is 138 cm³/mol. The van der Waals surface area contributed by atoms with Crippen LogP contribution in [-0.2, 0) is 20.8 Å². The molecule has 10 nitrogen and oxygen atoms in total. The number of ether oxygens (including phenoxy) is 1. The van der Waals surface area contributed by atoms with Gasteiger partial charge in [0.1, 0.15) is 17.6 Å². The number of hydrogen-bond donors (Lipinski definition) is 2. The Bertz CT molecular complexity index is 1340. The first-order valence-corrected chi connectivity index (χ1v) is 12.9. The second-order valence-electron chi connectivity index (χ2n) is 10.1. The molecule has 39 heavy (non-hydrogen) atoms. The molecule has 2 aromatic carbocycles. The highest BCUT2D eigenvalue weighted by Gasteiger charge is 2.45. The molecule has 2 saturated heterocycles. The van der Waals surface area contributed by atoms with Crippen LogP contribution in [0.4, 0.5) is 10.1 Å². The number of imide groups is 2. The number of carbonyl (C=O) groups excluding carboxylic acids is 5. The lowest BCUT2D eigenvalue weighted by Crippen LogP contribution is -2.54. The lowest BCUT2D eigenvalue weighted by molar-refractivity contribution is -0.136. The molecule has 0 radical (unpaired) electrons. The summed E-state index contributed by atoms with van der Waals surface area (Å²) in [5.41, 5.74) is 1.08. The standard InChI is InChI=1S/C28H29FN4O6/c1-39-18-4-2-16(3-5-18)12-25(35)30-15-17-8-10-32(11-9-17)23-14-20-19(13-21(23)29)27(37)33(28(20)38)22-6-7-24(34)31-26(22)36/h2-5,13-14,17,22H,6-12,15H2,1H3,(H,30,35)(H,31,34,36). The molecule has 2 aromatic rings. The van der Waals surface area contributed by atoms with Gasteiger partial charge in [-0.15, -0.1) is 0 Å². The first-order valence-electron chi connectivity index (χ1n) is 12.9. The van der Waals surface area contributed by atoms with Crippen molar-refractivity contribution in [2.75, 3.05) is 31.6 Å². The summed E-state index contributed by atoms with van der Waals surface area (Å²) in [7, 11) is 1.59. The minimum atomic E-state index is -1.10. The number of nitrogens with zero attached hydrogens (tertiary/aromatic N) is 2. The van der Waals surface area contributed by atoms with Gasteiger partial charge in [0.15, 0.2) is 0 Å². The zero-order valence-corrected chi connectivity index (χ0v) is 21.5. The molecule has 0 bridgehead atoms. The van der Waals surface area contributed by atoms with Crippen molar-refractivity contribution >= 4 is 35.2 Å². The third-order valence-corrected chi connectivity index (χ3v) is 7.57. The summed E-state index contributed by atoms with van der Waals surface area (Å²) in [6, 6.07) is 8.67. The lowest BCUT2D eigenvalue weighted by Gasteiger charge is -2.34. The number of rotatable bonds is 7. The highest BCUT2D eigenvalue weighted by molar-refractivity contribution is 6.23. The normalized spacial score (nSPS) is 19.7. The topological polar surface area (TPSA) is 125 Å². The van der Waals surface area contributed by atoms with Gasteiger partial charge in [0.25, 0.3) is 11.8 Å². The van der Waals surface area contributed by atoms with Gasteiger partial charge in [-0.2, -0.15) is 0 Å². The van der Waals surface area contributed by atoms with E-state index in [0.29, 0.717) is 32.5 Å². The summed E-state index contributed by atoms with van der Waals surface area (Å²) in [4.78, 5) is 64.8. The van der Waals surface area contributed by atoms with E-state index in [1.54, 1.807) is 7.11 Å². The van der Waals surface area contributed by atoms with Gasteiger partial charge < -0.3 is 15.0 Å². The number of halogens is 1. The molecule has 3 aliphatic heterocycles. The molecule has 204 valence electrons. The maximum absolute atomic E-state index is 15.1. The molecule has 1 unspecified atom stereocenters. The molecule has 0 saturated carbocycles. The first kappa shape index (κ1) is 26.3. The van der Waals surface area contributed by atoms with E-state index in [0.717, 1.165) is 22.3 Å². The summed E-state index contributed by atoms with van der Waals surface area (Å²) in [6.07, 6.45) is 1.75. The Morgan fingerprint density at radius 2 is 1.69 bits per heavy atom. The van der Waals surface area contributed by atoms with Gasteiger partial charge in [0.2, 0.25) is 17.7 Å². The zero-order valence-electron chi connectivity index (χ0n) is 21.5. The molecule has 0 aromatic heterocycles. The van der Waals surface area contributed by atoms with E-state index < -0.39 is 35.5 Å². The van der Waals surface area contributed by atoms with Crippen LogP contribution in [-0.4, -0.2) is 67.2 Å². The number of nitrogens with one attached hydrogen (secondary N) is 2. The van der Waals surface area contributed by atoms with Gasteiger partial charge in [-0.3, -0.25) is 34.2 Å². The van der Waals surface area contributed by atoms with Crippen LogP contribution in [0.15, 0.2) is 36.4 Å². The average molecular weight is 537 g/mol. The third kappa shape index (κ3) is 5.34. The van der Waals surface area contributed by atoms with Gasteiger partial charge in [0.05, 0.1) is 30.3 Å². The van der Waals surface area contributed by atoms with Crippen LogP contribution in [0.1, 0.15) is 52.0 Å². The molecular formula is C28H29FN4O6. The molecule has 3 heterocycles. The number of anilines is 1. The van der Waals surface area contributed by atoms with E-state index in [1.165, 1.54) is 6.07 Å². The Balaban J connectivity index is 1.18. The second kappa shape index (κ2) is 10.8. The summed E-state index contributed by atoms with van der Waals surface area (Å²) >= 11 is 0. The summed E-state index contributed by atoms with van der Waals surface area (Å²) < 4.78 is 20.3. The fraction of sp³-hybridized carbons (Fsp3) is 0.393. The van der Waals surface area contributed by atoms with Crippen molar-refractivity contribution < 1.29 is 33.1 Å². The highest BCUT2D eigenvalue weighted by Crippen LogP contribution is 2.34. The van der Waals surface area contributed by atoms with Crippen molar-refractivity contribution in [1.82, 2.24) is 15.5 Å². The minimum Gasteiger partial charge on any atom is -0.497 e. The summed E-state index contributed by atoms with van der Waals surface area (Å²) in [5, 5.41) is 5.13. The Kier molecular flexibility index (Phi) is 7.32. The Hall–Kier alpha value is -4.28. The van der Waals surface area contributed by atoms with Crippen molar-refractivity contribution in [3.63, 3.8) is 0 Å². The zero-order chi connectivity index (χ0) is 27.7. The van der Waals surface area contributed by atoms with Crippen LogP contribution in [0.3, 0.4) is 0 Å². The van der Waals surface area contributed by atoms with Gasteiger partial charge >= 0.3 is 0 Å². The number of amides is 5. The molecule has 2 N–H and O–H groups in total. The van der Waals surface area contributed by atoms with Gasteiger partial charge in [0, 0.05) is 26.1 Å². The molecule has 3 aliphatic rings. The largest absolute Gasteiger partial charge is 0.497 e. The summed E-state index contributed by atoms with van der Waals surface area (Å²) in [6.45, 7) is 1.56. The minimum absolute atomic E-state index is 0.0142. The number of methoxy groups -OCH3 is 1. The number of benzene rings is 2. The number of carbonyl (C=O) groups is 5. The fourth-order valence-corrected chi connectivity index (χ4v) is 5.35. The lowest BCUT2D eigenvalue weighted by atomic mass is 9.95. The average Bonchev–Trinajstić information content (AvgIpc) is 3.16. The number of hydrogen-bond acceptors (Lipinski definition) is 7. The van der Waals surface area contributed by atoms with Crippen LogP contribution < -0.4 is 20.3 Å². The quantitative estimate of drug-likeness (QED) is 0.517. The van der Waals surface area contributed by atoms with Gasteiger partial charge in [-0.25, -0.2) is 4.39 Å². The molecule has 5 amide bonds. The third-order valence-electron chi connectivity index (χ3n) is 7.57. The SMILES string of the molecule is COc1ccc(CC(=O)NCC2CCN(c3cc4c(cc3F)C(=O)N(C3CCC(=O)NC3=O)C4=O)CC2)cc1. The molecule has 1 atom stereocenters. The van der Waals surface area contributed by atoms with Crippen molar-refractivity contribution in [2.24, 2.45) is 5.92 Å². The van der Waals surface area contributed by atoms with E-state index in [2.05, 4.69) is 10.6 Å². The van der Waals surface area contributed by atoms with Crippen molar-refractivity contribution in [3.8, 4) is 5.75 Å². The maximum Gasteiger partial charge on any atom is 0.262 e. The predicted octanol–water partition coefficient (Wildman–Crippen LogP) is 1.81. The molecule has 5 rings (SSSR count). The summed E-state index contributed by atoms with van der Waals surface area (Å²) in [5.74, 6) is -2.30. The van der Waals surface area contributed by atoms with Crippen LogP contribution in [0, 0.1) is 11.7 Å². The highest BCUT2D eigenvalue weighted by atomic mass is 19.1. The van der Waals surface area contributed by atoms with Crippen LogP contribution in [0.5, 0.6) is 5.75 Å². The van der Waals surface area contributed by atoms with Crippen molar-refractivity contribution in [3.05, 3.63) is 58.9 Å². The Morgan fingerprint density at radius 1 is 1.03 bits per heavy atom. The fourth-order valence-electron chi connectivity index (χ4n) is 5.35. The molecule has 0 spiro atoms.